The molecule has 0 aliphatic rings. The monoisotopic (exact) mass is 343 g/mol. The molecule has 0 aliphatic carbocycles. The zero-order valence-electron chi connectivity index (χ0n) is 12.6. The molecular weight excluding hydrogens is 330 g/mol. The number of hydrogen-bond donors (Lipinski definition) is 1. The highest BCUT2D eigenvalue weighted by Crippen LogP contribution is 2.27. The molecule has 0 aliphatic heterocycles. The van der Waals surface area contributed by atoms with E-state index in [1.807, 2.05) is 44.2 Å². The van der Waals surface area contributed by atoms with Gasteiger partial charge in [0.2, 0.25) is 0 Å². The molecule has 0 radical (unpaired) electrons. The number of benzene rings is 2. The van der Waals surface area contributed by atoms with Gasteiger partial charge in [0.25, 0.3) is 5.91 Å². The first-order valence-electron chi connectivity index (χ1n) is 7.02. The predicted octanol–water partition coefficient (Wildman–Crippen LogP) is 4.73. The Morgan fingerprint density at radius 3 is 2.61 bits per heavy atom. The van der Waals surface area contributed by atoms with Crippen LogP contribution < -0.4 is 5.32 Å². The van der Waals surface area contributed by atoms with Crippen LogP contribution in [0.2, 0.25) is 5.02 Å². The predicted molar refractivity (Wildman–Crippen MR) is 94.2 cm³/mol. The van der Waals surface area contributed by atoms with Gasteiger partial charge in [-0.1, -0.05) is 40.4 Å². The van der Waals surface area contributed by atoms with Crippen molar-refractivity contribution in [2.24, 2.45) is 0 Å². The highest BCUT2D eigenvalue weighted by Gasteiger charge is 2.18. The van der Waals surface area contributed by atoms with E-state index >= 15 is 0 Å². The summed E-state index contributed by atoms with van der Waals surface area (Å²) in [7, 11) is 0. The van der Waals surface area contributed by atoms with Gasteiger partial charge >= 0.3 is 0 Å². The van der Waals surface area contributed by atoms with Gasteiger partial charge in [0.05, 0.1) is 0 Å². The van der Waals surface area contributed by atoms with Gasteiger partial charge in [-0.05, 0) is 54.7 Å². The molecule has 0 unspecified atom stereocenters. The molecular formula is C17H14ClN3OS. The minimum atomic E-state index is -0.210. The number of nitrogens with one attached hydrogen (secondary N) is 1. The van der Waals surface area contributed by atoms with Gasteiger partial charge in [-0.25, -0.2) is 0 Å². The molecule has 1 heterocycles. The molecule has 0 saturated heterocycles. The minimum absolute atomic E-state index is 0.210. The first-order chi connectivity index (χ1) is 11.1. The SMILES string of the molecule is Cc1cccc(NC(=O)c2snnc2-c2ccc(Cl)cc2)c1C. The van der Waals surface area contributed by atoms with E-state index in [0.717, 1.165) is 33.9 Å². The number of nitrogens with zero attached hydrogens (tertiary/aromatic N) is 2. The van der Waals surface area contributed by atoms with Crippen molar-refractivity contribution in [3.63, 3.8) is 0 Å². The Balaban J connectivity index is 1.91. The lowest BCUT2D eigenvalue weighted by Crippen LogP contribution is -2.12. The highest BCUT2D eigenvalue weighted by molar-refractivity contribution is 7.08. The summed E-state index contributed by atoms with van der Waals surface area (Å²) in [5.74, 6) is -0.210. The number of halogens is 1. The second-order valence-electron chi connectivity index (χ2n) is 5.16. The minimum Gasteiger partial charge on any atom is -0.321 e. The van der Waals surface area contributed by atoms with Crippen LogP contribution in [0.1, 0.15) is 20.8 Å². The van der Waals surface area contributed by atoms with Crippen LogP contribution in [-0.2, 0) is 0 Å². The second kappa shape index (κ2) is 6.48. The van der Waals surface area contributed by atoms with Crippen molar-refractivity contribution in [1.29, 1.82) is 0 Å². The summed E-state index contributed by atoms with van der Waals surface area (Å²) in [5.41, 5.74) is 4.35. The van der Waals surface area contributed by atoms with Crippen LogP contribution in [-0.4, -0.2) is 15.5 Å². The van der Waals surface area contributed by atoms with Crippen molar-refractivity contribution in [2.45, 2.75) is 13.8 Å². The third-order valence-electron chi connectivity index (χ3n) is 3.66. The molecule has 1 aromatic heterocycles. The van der Waals surface area contributed by atoms with Crippen molar-refractivity contribution in [3.05, 3.63) is 63.5 Å². The second-order valence-corrected chi connectivity index (χ2v) is 6.35. The fourth-order valence-electron chi connectivity index (χ4n) is 2.20. The van der Waals surface area contributed by atoms with Gasteiger partial charge in [-0.3, -0.25) is 4.79 Å². The third kappa shape index (κ3) is 3.25. The maximum Gasteiger partial charge on any atom is 0.269 e. The van der Waals surface area contributed by atoms with E-state index in [1.165, 1.54) is 0 Å². The smallest absolute Gasteiger partial charge is 0.269 e. The largest absolute Gasteiger partial charge is 0.321 e. The van der Waals surface area contributed by atoms with Crippen molar-refractivity contribution < 1.29 is 4.79 Å². The number of hydrogen-bond acceptors (Lipinski definition) is 4. The molecule has 0 saturated carbocycles. The Hall–Kier alpha value is -2.24. The summed E-state index contributed by atoms with van der Waals surface area (Å²) < 4.78 is 3.92. The normalized spacial score (nSPS) is 10.6. The zero-order valence-corrected chi connectivity index (χ0v) is 14.2. The first kappa shape index (κ1) is 15.6. The summed E-state index contributed by atoms with van der Waals surface area (Å²) in [6, 6.07) is 13.0. The summed E-state index contributed by atoms with van der Waals surface area (Å²) in [5, 5.41) is 7.66. The number of amides is 1. The molecule has 0 bridgehead atoms. The van der Waals surface area contributed by atoms with Crippen molar-refractivity contribution in [1.82, 2.24) is 9.59 Å². The van der Waals surface area contributed by atoms with Crippen LogP contribution in [0, 0.1) is 13.8 Å². The fourth-order valence-corrected chi connectivity index (χ4v) is 2.91. The summed E-state index contributed by atoms with van der Waals surface area (Å²) in [6.45, 7) is 3.99. The Kier molecular flexibility index (Phi) is 4.41. The maximum atomic E-state index is 12.6. The van der Waals surface area contributed by atoms with E-state index in [4.69, 9.17) is 11.6 Å². The molecule has 0 fully saturated rings. The number of carbonyl (C=O) groups excluding carboxylic acids is 1. The van der Waals surface area contributed by atoms with Gasteiger partial charge in [0.1, 0.15) is 10.6 Å². The fraction of sp³-hybridized carbons (Fsp3) is 0.118. The Morgan fingerprint density at radius 2 is 1.87 bits per heavy atom. The zero-order chi connectivity index (χ0) is 16.4. The Morgan fingerprint density at radius 1 is 1.13 bits per heavy atom. The van der Waals surface area contributed by atoms with Crippen LogP contribution in [0.5, 0.6) is 0 Å². The van der Waals surface area contributed by atoms with Crippen LogP contribution in [0.4, 0.5) is 5.69 Å². The van der Waals surface area contributed by atoms with Crippen LogP contribution in [0.3, 0.4) is 0 Å². The Bertz CT molecular complexity index is 859. The van der Waals surface area contributed by atoms with Gasteiger partial charge in [0, 0.05) is 16.3 Å². The van der Waals surface area contributed by atoms with Crippen molar-refractivity contribution in [2.75, 3.05) is 5.32 Å². The molecule has 1 amide bonds. The van der Waals surface area contributed by atoms with Crippen molar-refractivity contribution >= 4 is 34.7 Å². The molecule has 23 heavy (non-hydrogen) atoms. The average Bonchev–Trinajstić information content (AvgIpc) is 3.02. The van der Waals surface area contributed by atoms with E-state index in [1.54, 1.807) is 12.1 Å². The van der Waals surface area contributed by atoms with Crippen LogP contribution in [0.15, 0.2) is 42.5 Å². The lowest BCUT2D eigenvalue weighted by atomic mass is 10.1. The number of aryl methyl sites for hydroxylation is 1. The van der Waals surface area contributed by atoms with Gasteiger partial charge < -0.3 is 5.32 Å². The molecule has 1 N–H and O–H groups in total. The Labute approximate surface area is 143 Å². The first-order valence-corrected chi connectivity index (χ1v) is 8.17. The van der Waals surface area contributed by atoms with Crippen LogP contribution in [0.25, 0.3) is 11.3 Å². The molecule has 0 spiro atoms. The van der Waals surface area contributed by atoms with E-state index in [2.05, 4.69) is 14.9 Å². The van der Waals surface area contributed by atoms with Gasteiger partial charge in [0.15, 0.2) is 0 Å². The van der Waals surface area contributed by atoms with E-state index in [-0.39, 0.29) is 5.91 Å². The summed E-state index contributed by atoms with van der Waals surface area (Å²) in [4.78, 5) is 13.1. The molecule has 2 aromatic carbocycles. The summed E-state index contributed by atoms with van der Waals surface area (Å²) >= 11 is 6.98. The summed E-state index contributed by atoms with van der Waals surface area (Å²) in [6.07, 6.45) is 0. The maximum absolute atomic E-state index is 12.6. The third-order valence-corrected chi connectivity index (χ3v) is 4.64. The number of aromatic nitrogens is 2. The van der Waals surface area contributed by atoms with E-state index in [0.29, 0.717) is 15.6 Å². The van der Waals surface area contributed by atoms with Gasteiger partial charge in [-0.15, -0.1) is 5.10 Å². The van der Waals surface area contributed by atoms with Crippen LogP contribution >= 0.6 is 23.1 Å². The molecule has 3 rings (SSSR count). The lowest BCUT2D eigenvalue weighted by Gasteiger charge is -2.10. The molecule has 6 heteroatoms. The average molecular weight is 344 g/mol. The highest BCUT2D eigenvalue weighted by atomic mass is 35.5. The van der Waals surface area contributed by atoms with Gasteiger partial charge in [-0.2, -0.15) is 0 Å². The standard InChI is InChI=1S/C17H14ClN3OS/c1-10-4-3-5-14(11(10)2)19-17(22)16-15(20-21-23-16)12-6-8-13(18)9-7-12/h3-9H,1-2H3,(H,19,22). The topological polar surface area (TPSA) is 54.9 Å². The quantitative estimate of drug-likeness (QED) is 0.748. The molecule has 0 atom stereocenters. The lowest BCUT2D eigenvalue weighted by molar-refractivity contribution is 0.103. The van der Waals surface area contributed by atoms with Crippen molar-refractivity contribution in [3.8, 4) is 11.3 Å². The number of rotatable bonds is 3. The number of anilines is 1. The number of carbonyl (C=O) groups is 1. The van der Waals surface area contributed by atoms with E-state index < -0.39 is 0 Å². The molecule has 3 aromatic rings. The molecule has 116 valence electrons. The molecule has 4 nitrogen and oxygen atoms in total. The van der Waals surface area contributed by atoms with E-state index in [9.17, 15) is 4.79 Å².